The first-order chi connectivity index (χ1) is 7.45. The van der Waals surface area contributed by atoms with E-state index >= 15 is 0 Å². The molecule has 1 N–H and O–H groups in total. The van der Waals surface area contributed by atoms with Crippen LogP contribution < -0.4 is 5.32 Å². The average molecular weight is 315 g/mol. The fourth-order valence-corrected chi connectivity index (χ4v) is 1.57. The van der Waals surface area contributed by atoms with Crippen molar-refractivity contribution in [1.82, 2.24) is 0 Å². The van der Waals surface area contributed by atoms with Gasteiger partial charge < -0.3 is 5.32 Å². The van der Waals surface area contributed by atoms with Gasteiger partial charge in [-0.05, 0) is 18.2 Å². The van der Waals surface area contributed by atoms with Crippen LogP contribution >= 0.6 is 27.5 Å². The van der Waals surface area contributed by atoms with E-state index in [1.165, 1.54) is 17.7 Å². The van der Waals surface area contributed by atoms with E-state index in [9.17, 15) is 13.2 Å². The summed E-state index contributed by atoms with van der Waals surface area (Å²) in [7, 11) is 0. The molecule has 0 saturated heterocycles. The molecule has 0 heterocycles. The molecule has 0 saturated carbocycles. The fraction of sp³-hybridized carbons (Fsp3) is 0.200. The van der Waals surface area contributed by atoms with Crippen molar-refractivity contribution in [1.29, 1.82) is 0 Å². The van der Waals surface area contributed by atoms with Crippen molar-refractivity contribution in [3.05, 3.63) is 39.8 Å². The maximum atomic E-state index is 12.6. The normalized spacial score (nSPS) is 12.1. The van der Waals surface area contributed by atoms with E-state index in [0.29, 0.717) is 4.47 Å². The molecule has 0 aromatic heterocycles. The summed E-state index contributed by atoms with van der Waals surface area (Å²) in [5.74, 6) is 0. The number of halogens is 5. The lowest BCUT2D eigenvalue weighted by Gasteiger charge is -2.13. The number of alkyl halides is 3. The Hall–Kier alpha value is -0.680. The van der Waals surface area contributed by atoms with Crippen molar-refractivity contribution >= 4 is 33.2 Å². The zero-order valence-corrected chi connectivity index (χ0v) is 10.3. The number of hydrogen-bond acceptors (Lipinski definition) is 1. The Kier molecular flexibility index (Phi) is 4.68. The van der Waals surface area contributed by atoms with E-state index in [2.05, 4.69) is 21.2 Å². The summed E-state index contributed by atoms with van der Waals surface area (Å²) in [4.78, 5) is 0. The zero-order chi connectivity index (χ0) is 12.2. The van der Waals surface area contributed by atoms with Crippen molar-refractivity contribution in [2.24, 2.45) is 0 Å². The summed E-state index contributed by atoms with van der Waals surface area (Å²) in [5, 5.41) is 2.64. The minimum absolute atomic E-state index is 0.0328. The first-order valence-electron chi connectivity index (χ1n) is 4.31. The van der Waals surface area contributed by atoms with Crippen LogP contribution in [-0.2, 0) is 6.18 Å². The highest BCUT2D eigenvalue weighted by Gasteiger charge is 2.33. The molecule has 0 bridgehead atoms. The first kappa shape index (κ1) is 13.4. The van der Waals surface area contributed by atoms with Gasteiger partial charge in [0.2, 0.25) is 0 Å². The van der Waals surface area contributed by atoms with Gasteiger partial charge in [0.1, 0.15) is 0 Å². The molecule has 0 aliphatic heterocycles. The number of rotatable bonds is 3. The molecule has 16 heavy (non-hydrogen) atoms. The van der Waals surface area contributed by atoms with Crippen LogP contribution in [0.3, 0.4) is 0 Å². The molecular weight excluding hydrogens is 306 g/mol. The van der Waals surface area contributed by atoms with Crippen molar-refractivity contribution in [2.45, 2.75) is 6.18 Å². The number of nitrogens with one attached hydrogen (secondary N) is 1. The predicted molar refractivity (Wildman–Crippen MR) is 62.6 cm³/mol. The molecule has 88 valence electrons. The summed E-state index contributed by atoms with van der Waals surface area (Å²) in [6.45, 7) is 0.244. The summed E-state index contributed by atoms with van der Waals surface area (Å²) >= 11 is 8.28. The molecule has 6 heteroatoms. The molecule has 1 aromatic carbocycles. The van der Waals surface area contributed by atoms with Gasteiger partial charge in [-0.3, -0.25) is 0 Å². The van der Waals surface area contributed by atoms with Crippen molar-refractivity contribution < 1.29 is 13.2 Å². The molecule has 0 aliphatic carbocycles. The number of anilines is 1. The molecule has 0 aliphatic rings. The topological polar surface area (TPSA) is 12.0 Å². The molecule has 0 unspecified atom stereocenters. The highest BCUT2D eigenvalue weighted by molar-refractivity contribution is 9.10. The maximum Gasteiger partial charge on any atom is 0.418 e. The van der Waals surface area contributed by atoms with Crippen LogP contribution in [0.4, 0.5) is 18.9 Å². The standard InChI is InChI=1S/C10H8BrClF3N/c11-7-2-3-9(16-5-1-4-12)8(6-7)10(13,14)15/h1-4,6,16H,5H2/b4-1+. The van der Waals surface area contributed by atoms with Gasteiger partial charge >= 0.3 is 6.18 Å². The number of hydrogen-bond donors (Lipinski definition) is 1. The fourth-order valence-electron chi connectivity index (χ4n) is 1.12. The predicted octanol–water partition coefficient (Wildman–Crippen LogP) is 4.63. The highest BCUT2D eigenvalue weighted by Crippen LogP contribution is 2.36. The molecular formula is C10H8BrClF3N. The molecule has 1 aromatic rings. The highest BCUT2D eigenvalue weighted by atomic mass is 79.9. The van der Waals surface area contributed by atoms with Crippen LogP contribution in [0.2, 0.25) is 0 Å². The second-order valence-corrected chi connectivity index (χ2v) is 4.10. The third-order valence-corrected chi connectivity index (χ3v) is 2.46. The Balaban J connectivity index is 2.99. The van der Waals surface area contributed by atoms with Crippen molar-refractivity contribution in [3.8, 4) is 0 Å². The van der Waals surface area contributed by atoms with Gasteiger partial charge in [-0.15, -0.1) is 0 Å². The van der Waals surface area contributed by atoms with Gasteiger partial charge in [-0.25, -0.2) is 0 Å². The lowest BCUT2D eigenvalue weighted by atomic mass is 10.1. The molecule has 1 rings (SSSR count). The lowest BCUT2D eigenvalue weighted by Crippen LogP contribution is -2.10. The van der Waals surface area contributed by atoms with Crippen molar-refractivity contribution in [3.63, 3.8) is 0 Å². The van der Waals surface area contributed by atoms with Crippen molar-refractivity contribution in [2.75, 3.05) is 11.9 Å². The van der Waals surface area contributed by atoms with E-state index in [0.717, 1.165) is 6.07 Å². The van der Waals surface area contributed by atoms with E-state index in [4.69, 9.17) is 11.6 Å². The minimum atomic E-state index is -4.38. The second kappa shape index (κ2) is 5.59. The van der Waals surface area contributed by atoms with Crippen LogP contribution in [0.1, 0.15) is 5.56 Å². The van der Waals surface area contributed by atoms with E-state index < -0.39 is 11.7 Å². The Morgan fingerprint density at radius 3 is 2.62 bits per heavy atom. The SMILES string of the molecule is FC(F)(F)c1cc(Br)ccc1NC/C=C/Cl. The second-order valence-electron chi connectivity index (χ2n) is 2.93. The van der Waals surface area contributed by atoms with Gasteiger partial charge in [-0.1, -0.05) is 33.6 Å². The molecule has 0 fully saturated rings. The summed E-state index contributed by atoms with van der Waals surface area (Å²) in [6.07, 6.45) is -2.86. The monoisotopic (exact) mass is 313 g/mol. The van der Waals surface area contributed by atoms with Crippen LogP contribution in [0.5, 0.6) is 0 Å². The summed E-state index contributed by atoms with van der Waals surface area (Å²) in [6, 6.07) is 3.95. The Morgan fingerprint density at radius 1 is 1.38 bits per heavy atom. The maximum absolute atomic E-state index is 12.6. The minimum Gasteiger partial charge on any atom is -0.381 e. The Bertz CT molecular complexity index is 390. The smallest absolute Gasteiger partial charge is 0.381 e. The molecule has 0 atom stereocenters. The molecule has 0 radical (unpaired) electrons. The quantitative estimate of drug-likeness (QED) is 0.857. The van der Waals surface area contributed by atoms with Crippen LogP contribution in [0, 0.1) is 0 Å². The van der Waals surface area contributed by atoms with Crippen LogP contribution in [0.15, 0.2) is 34.3 Å². The Labute approximate surface area is 104 Å². The van der Waals surface area contributed by atoms with Gasteiger partial charge in [0, 0.05) is 22.2 Å². The first-order valence-corrected chi connectivity index (χ1v) is 5.54. The third kappa shape index (κ3) is 3.72. The average Bonchev–Trinajstić information content (AvgIpc) is 2.19. The van der Waals surface area contributed by atoms with Gasteiger partial charge in [0.15, 0.2) is 0 Å². The van der Waals surface area contributed by atoms with Crippen LogP contribution in [-0.4, -0.2) is 6.54 Å². The largest absolute Gasteiger partial charge is 0.418 e. The molecule has 1 nitrogen and oxygen atoms in total. The van der Waals surface area contributed by atoms with Gasteiger partial charge in [-0.2, -0.15) is 13.2 Å². The molecule has 0 amide bonds. The Morgan fingerprint density at radius 2 is 2.06 bits per heavy atom. The lowest BCUT2D eigenvalue weighted by molar-refractivity contribution is -0.137. The van der Waals surface area contributed by atoms with Gasteiger partial charge in [0.05, 0.1) is 5.56 Å². The molecule has 0 spiro atoms. The van der Waals surface area contributed by atoms with Crippen LogP contribution in [0.25, 0.3) is 0 Å². The van der Waals surface area contributed by atoms with E-state index in [1.54, 1.807) is 6.07 Å². The summed E-state index contributed by atoms with van der Waals surface area (Å²) in [5.41, 5.74) is 0.578. The summed E-state index contributed by atoms with van der Waals surface area (Å²) < 4.78 is 38.3. The third-order valence-electron chi connectivity index (χ3n) is 1.79. The van der Waals surface area contributed by atoms with E-state index in [-0.39, 0.29) is 12.2 Å². The zero-order valence-electron chi connectivity index (χ0n) is 7.98. The number of benzene rings is 1. The van der Waals surface area contributed by atoms with E-state index in [1.807, 2.05) is 0 Å². The van der Waals surface area contributed by atoms with Gasteiger partial charge in [0.25, 0.3) is 0 Å².